The van der Waals surface area contributed by atoms with E-state index in [2.05, 4.69) is 5.32 Å². The number of ether oxygens (including phenoxy) is 3. The summed E-state index contributed by atoms with van der Waals surface area (Å²) in [5.41, 5.74) is 1.26. The summed E-state index contributed by atoms with van der Waals surface area (Å²) in [6.07, 6.45) is 1.90. The maximum absolute atomic E-state index is 12.2. The number of benzene rings is 2. The third-order valence-corrected chi connectivity index (χ3v) is 3.64. The molecule has 6 heteroatoms. The van der Waals surface area contributed by atoms with Crippen LogP contribution in [0, 0.1) is 0 Å². The molecule has 0 aliphatic carbocycles. The van der Waals surface area contributed by atoms with Gasteiger partial charge < -0.3 is 19.5 Å². The Morgan fingerprint density at radius 1 is 1.07 bits per heavy atom. The van der Waals surface area contributed by atoms with Crippen molar-refractivity contribution >= 4 is 23.6 Å². The first kappa shape index (κ1) is 20.0. The van der Waals surface area contributed by atoms with E-state index in [1.165, 1.54) is 20.1 Å². The second kappa shape index (κ2) is 10.0. The molecule has 27 heavy (non-hydrogen) atoms. The van der Waals surface area contributed by atoms with Crippen molar-refractivity contribution in [3.05, 3.63) is 60.2 Å². The Labute approximate surface area is 158 Å². The van der Waals surface area contributed by atoms with E-state index in [0.717, 1.165) is 5.56 Å². The normalized spacial score (nSPS) is 11.7. The van der Waals surface area contributed by atoms with Crippen molar-refractivity contribution < 1.29 is 23.8 Å². The molecule has 6 nitrogen and oxygen atoms in total. The van der Waals surface area contributed by atoms with E-state index >= 15 is 0 Å². The molecule has 0 unspecified atom stereocenters. The molecule has 0 saturated carbocycles. The highest BCUT2D eigenvalue weighted by Crippen LogP contribution is 2.23. The molecule has 1 N–H and O–H groups in total. The van der Waals surface area contributed by atoms with Crippen LogP contribution in [-0.4, -0.2) is 31.7 Å². The lowest BCUT2D eigenvalue weighted by Crippen LogP contribution is -2.29. The topological polar surface area (TPSA) is 73.9 Å². The number of anilines is 1. The predicted molar refractivity (Wildman–Crippen MR) is 104 cm³/mol. The van der Waals surface area contributed by atoms with Crippen LogP contribution in [-0.2, 0) is 14.3 Å². The maximum atomic E-state index is 12.2. The number of esters is 1. The molecule has 0 aliphatic rings. The zero-order chi connectivity index (χ0) is 19.6. The summed E-state index contributed by atoms with van der Waals surface area (Å²) < 4.78 is 15.8. The summed E-state index contributed by atoms with van der Waals surface area (Å²) in [5, 5.41) is 2.68. The predicted octanol–water partition coefficient (Wildman–Crippen LogP) is 3.68. The third-order valence-electron chi connectivity index (χ3n) is 3.64. The van der Waals surface area contributed by atoms with Gasteiger partial charge in [-0.2, -0.15) is 0 Å². The van der Waals surface area contributed by atoms with Crippen molar-refractivity contribution in [3.63, 3.8) is 0 Å². The van der Waals surface area contributed by atoms with Crippen LogP contribution in [0.15, 0.2) is 54.6 Å². The first-order valence-corrected chi connectivity index (χ1v) is 8.59. The van der Waals surface area contributed by atoms with Gasteiger partial charge in [-0.25, -0.2) is 4.79 Å². The van der Waals surface area contributed by atoms with Crippen LogP contribution in [0.4, 0.5) is 5.69 Å². The van der Waals surface area contributed by atoms with Crippen molar-refractivity contribution in [1.82, 2.24) is 0 Å². The lowest BCUT2D eigenvalue weighted by atomic mass is 10.2. The summed E-state index contributed by atoms with van der Waals surface area (Å²) in [5.74, 6) is 0.128. The standard InChI is InChI=1S/C21H23NO5/c1-4-26-18-11-7-5-9-16(18)13-14-20(23)27-15(2)21(24)22-17-10-6-8-12-19(17)25-3/h5-15H,4H2,1-3H3,(H,22,24)/b14-13+/t15-/m1/s1. The number of hydrogen-bond acceptors (Lipinski definition) is 5. The van der Waals surface area contributed by atoms with Crippen molar-refractivity contribution in [2.75, 3.05) is 19.0 Å². The summed E-state index contributed by atoms with van der Waals surface area (Å²) in [4.78, 5) is 24.3. The summed E-state index contributed by atoms with van der Waals surface area (Å²) in [6.45, 7) is 3.91. The van der Waals surface area contributed by atoms with Crippen molar-refractivity contribution in [2.24, 2.45) is 0 Å². The van der Waals surface area contributed by atoms with Crippen molar-refractivity contribution in [3.8, 4) is 11.5 Å². The molecular weight excluding hydrogens is 346 g/mol. The maximum Gasteiger partial charge on any atom is 0.331 e. The number of carbonyl (C=O) groups is 2. The Kier molecular flexibility index (Phi) is 7.43. The third kappa shape index (κ3) is 5.88. The largest absolute Gasteiger partial charge is 0.495 e. The molecule has 0 spiro atoms. The summed E-state index contributed by atoms with van der Waals surface area (Å²) >= 11 is 0. The second-order valence-electron chi connectivity index (χ2n) is 5.57. The molecule has 0 saturated heterocycles. The molecule has 1 amide bonds. The Morgan fingerprint density at radius 2 is 1.74 bits per heavy atom. The van der Waals surface area contributed by atoms with Crippen LogP contribution in [0.5, 0.6) is 11.5 Å². The number of amides is 1. The number of carbonyl (C=O) groups excluding carboxylic acids is 2. The van der Waals surface area contributed by atoms with E-state index in [-0.39, 0.29) is 0 Å². The van der Waals surface area contributed by atoms with E-state index in [1.54, 1.807) is 30.3 Å². The zero-order valence-corrected chi connectivity index (χ0v) is 15.6. The zero-order valence-electron chi connectivity index (χ0n) is 15.6. The number of methoxy groups -OCH3 is 1. The molecule has 0 aromatic heterocycles. The fourth-order valence-corrected chi connectivity index (χ4v) is 2.31. The minimum atomic E-state index is -0.964. The van der Waals surface area contributed by atoms with E-state index in [9.17, 15) is 9.59 Å². The minimum absolute atomic E-state index is 0.448. The number of rotatable bonds is 8. The van der Waals surface area contributed by atoms with Crippen LogP contribution in [0.2, 0.25) is 0 Å². The molecule has 2 aromatic rings. The van der Waals surface area contributed by atoms with Gasteiger partial charge in [0.2, 0.25) is 0 Å². The van der Waals surface area contributed by atoms with Gasteiger partial charge >= 0.3 is 5.97 Å². The van der Waals surface area contributed by atoms with Crippen molar-refractivity contribution in [1.29, 1.82) is 0 Å². The fraction of sp³-hybridized carbons (Fsp3) is 0.238. The first-order chi connectivity index (χ1) is 13.0. The van der Waals surface area contributed by atoms with Crippen LogP contribution < -0.4 is 14.8 Å². The monoisotopic (exact) mass is 369 g/mol. The number of nitrogens with one attached hydrogen (secondary N) is 1. The molecule has 2 rings (SSSR count). The van der Waals surface area contributed by atoms with E-state index in [1.807, 2.05) is 31.2 Å². The van der Waals surface area contributed by atoms with Crippen LogP contribution in [0.1, 0.15) is 19.4 Å². The molecule has 0 radical (unpaired) electrons. The van der Waals surface area contributed by atoms with Gasteiger partial charge in [0.15, 0.2) is 6.10 Å². The molecule has 0 fully saturated rings. The molecule has 142 valence electrons. The van der Waals surface area contributed by atoms with Gasteiger partial charge in [0, 0.05) is 11.6 Å². The summed E-state index contributed by atoms with van der Waals surface area (Å²) in [6, 6.07) is 14.3. The van der Waals surface area contributed by atoms with Crippen LogP contribution in [0.3, 0.4) is 0 Å². The molecule has 0 heterocycles. The minimum Gasteiger partial charge on any atom is -0.495 e. The van der Waals surface area contributed by atoms with Gasteiger partial charge in [-0.05, 0) is 38.1 Å². The fourth-order valence-electron chi connectivity index (χ4n) is 2.31. The van der Waals surface area contributed by atoms with E-state index < -0.39 is 18.0 Å². The average molecular weight is 369 g/mol. The Hall–Kier alpha value is -3.28. The lowest BCUT2D eigenvalue weighted by molar-refractivity contribution is -0.148. The highest BCUT2D eigenvalue weighted by molar-refractivity contribution is 5.97. The van der Waals surface area contributed by atoms with Crippen LogP contribution >= 0.6 is 0 Å². The quantitative estimate of drug-likeness (QED) is 0.568. The SMILES string of the molecule is CCOc1ccccc1/C=C/C(=O)O[C@H](C)C(=O)Nc1ccccc1OC. The smallest absolute Gasteiger partial charge is 0.331 e. The van der Waals surface area contributed by atoms with Gasteiger partial charge in [0.25, 0.3) is 5.91 Å². The van der Waals surface area contributed by atoms with E-state index in [4.69, 9.17) is 14.2 Å². The second-order valence-corrected chi connectivity index (χ2v) is 5.57. The lowest BCUT2D eigenvalue weighted by Gasteiger charge is -2.14. The highest BCUT2D eigenvalue weighted by Gasteiger charge is 2.18. The number of para-hydroxylation sites is 3. The van der Waals surface area contributed by atoms with Gasteiger partial charge in [0.05, 0.1) is 19.4 Å². The Bertz CT molecular complexity index is 816. The van der Waals surface area contributed by atoms with Crippen LogP contribution in [0.25, 0.3) is 6.08 Å². The Balaban J connectivity index is 1.96. The van der Waals surface area contributed by atoms with Gasteiger partial charge in [0.1, 0.15) is 11.5 Å². The number of hydrogen-bond donors (Lipinski definition) is 1. The average Bonchev–Trinajstić information content (AvgIpc) is 2.68. The molecule has 1 atom stereocenters. The van der Waals surface area contributed by atoms with E-state index in [0.29, 0.717) is 23.8 Å². The van der Waals surface area contributed by atoms with Gasteiger partial charge in [-0.15, -0.1) is 0 Å². The molecule has 0 bridgehead atoms. The molecule has 2 aromatic carbocycles. The Morgan fingerprint density at radius 3 is 2.44 bits per heavy atom. The highest BCUT2D eigenvalue weighted by atomic mass is 16.5. The summed E-state index contributed by atoms with van der Waals surface area (Å²) in [7, 11) is 1.51. The van der Waals surface area contributed by atoms with Gasteiger partial charge in [-0.1, -0.05) is 30.3 Å². The first-order valence-electron chi connectivity index (χ1n) is 8.59. The van der Waals surface area contributed by atoms with Crippen molar-refractivity contribution in [2.45, 2.75) is 20.0 Å². The van der Waals surface area contributed by atoms with Gasteiger partial charge in [-0.3, -0.25) is 4.79 Å². The molecular formula is C21H23NO5. The molecule has 0 aliphatic heterocycles.